The molecule has 1 aliphatic carbocycles. The van der Waals surface area contributed by atoms with E-state index < -0.39 is 0 Å². The number of imidazole rings is 1. The van der Waals surface area contributed by atoms with E-state index >= 15 is 0 Å². The SMILES string of the molecule is COCCN([11CH3])Cc1ccc2nc3sc(C(=O)N(C)C4CCCCC4)cn3c2c1. The number of carbonyl (C=O) groups excluding carboxylic acids is 1. The van der Waals surface area contributed by atoms with Gasteiger partial charge in [-0.3, -0.25) is 14.1 Å². The number of methoxy groups -OCH3 is 1. The van der Waals surface area contributed by atoms with Crippen LogP contribution in [0.15, 0.2) is 24.4 Å². The van der Waals surface area contributed by atoms with Gasteiger partial charge in [-0.2, -0.15) is 0 Å². The monoisotopic (exact) mass is 413 g/mol. The number of fused-ring (bicyclic) bond motifs is 3. The Morgan fingerprint density at radius 2 is 2.07 bits per heavy atom. The van der Waals surface area contributed by atoms with E-state index in [4.69, 9.17) is 9.72 Å². The second-order valence-corrected chi connectivity index (χ2v) is 9.13. The van der Waals surface area contributed by atoms with Crippen molar-refractivity contribution in [2.45, 2.75) is 44.7 Å². The standard InChI is InChI=1S/C22H30N4O2S/c1-24(11-12-28-3)14-16-9-10-18-19(13-16)26-15-20(29-22(26)23-18)21(27)25(2)17-7-5-4-6-8-17/h9-10,13,15,17H,4-8,11-12,14H2,1-3H3/i1-1. The molecule has 7 heteroatoms. The highest BCUT2D eigenvalue weighted by Crippen LogP contribution is 2.28. The Hall–Kier alpha value is -1.96. The molecule has 156 valence electrons. The lowest BCUT2D eigenvalue weighted by Crippen LogP contribution is -2.37. The van der Waals surface area contributed by atoms with Crippen LogP contribution < -0.4 is 0 Å². The van der Waals surface area contributed by atoms with E-state index in [0.29, 0.717) is 6.04 Å². The van der Waals surface area contributed by atoms with Gasteiger partial charge in [-0.1, -0.05) is 36.7 Å². The van der Waals surface area contributed by atoms with Crippen molar-refractivity contribution in [2.75, 3.05) is 34.4 Å². The van der Waals surface area contributed by atoms with Crippen molar-refractivity contribution >= 4 is 33.2 Å². The zero-order valence-corrected chi connectivity index (χ0v) is 18.4. The van der Waals surface area contributed by atoms with Crippen LogP contribution in [0.5, 0.6) is 0 Å². The molecular weight excluding hydrogens is 383 g/mol. The van der Waals surface area contributed by atoms with Crippen molar-refractivity contribution in [3.63, 3.8) is 0 Å². The molecule has 0 bridgehead atoms. The molecule has 4 rings (SSSR count). The van der Waals surface area contributed by atoms with Gasteiger partial charge in [-0.25, -0.2) is 4.98 Å². The number of rotatable bonds is 7. The third kappa shape index (κ3) is 4.32. The molecule has 2 aromatic heterocycles. The van der Waals surface area contributed by atoms with Gasteiger partial charge in [0.25, 0.3) is 5.91 Å². The topological polar surface area (TPSA) is 50.1 Å². The van der Waals surface area contributed by atoms with Crippen molar-refractivity contribution in [3.05, 3.63) is 34.8 Å². The molecule has 1 fully saturated rings. The molecular formula is C22H30N4O2S. The van der Waals surface area contributed by atoms with Gasteiger partial charge in [-0.05, 0) is 37.6 Å². The average Bonchev–Trinajstić information content (AvgIpc) is 3.30. The predicted molar refractivity (Wildman–Crippen MR) is 118 cm³/mol. The van der Waals surface area contributed by atoms with Crippen molar-refractivity contribution < 1.29 is 9.53 Å². The van der Waals surface area contributed by atoms with E-state index in [1.807, 2.05) is 18.1 Å². The number of benzene rings is 1. The summed E-state index contributed by atoms with van der Waals surface area (Å²) in [4.78, 5) is 23.6. The number of thiazole rings is 1. The summed E-state index contributed by atoms with van der Waals surface area (Å²) in [7, 11) is 5.77. The number of carbonyl (C=O) groups is 1. The summed E-state index contributed by atoms with van der Waals surface area (Å²) in [6, 6.07) is 6.76. The van der Waals surface area contributed by atoms with Crippen LogP contribution >= 0.6 is 11.3 Å². The molecule has 0 atom stereocenters. The van der Waals surface area contributed by atoms with Crippen LogP contribution in [-0.4, -0.2) is 65.5 Å². The van der Waals surface area contributed by atoms with Crippen LogP contribution in [0.25, 0.3) is 16.0 Å². The van der Waals surface area contributed by atoms with Crippen molar-refractivity contribution in [2.24, 2.45) is 0 Å². The van der Waals surface area contributed by atoms with E-state index in [2.05, 4.69) is 34.5 Å². The number of hydrogen-bond acceptors (Lipinski definition) is 5. The fourth-order valence-corrected chi connectivity index (χ4v) is 5.18. The highest BCUT2D eigenvalue weighted by molar-refractivity contribution is 7.18. The number of aromatic nitrogens is 2. The summed E-state index contributed by atoms with van der Waals surface area (Å²) in [6.45, 7) is 2.47. The minimum absolute atomic E-state index is 0.121. The fourth-order valence-electron chi connectivity index (χ4n) is 4.20. The maximum atomic E-state index is 13.0. The van der Waals surface area contributed by atoms with Gasteiger partial charge in [0.15, 0.2) is 4.96 Å². The summed E-state index contributed by atoms with van der Waals surface area (Å²) >= 11 is 1.49. The zero-order chi connectivity index (χ0) is 20.4. The summed E-state index contributed by atoms with van der Waals surface area (Å²) in [5.41, 5.74) is 3.27. The number of amides is 1. The smallest absolute Gasteiger partial charge is 0.265 e. The lowest BCUT2D eigenvalue weighted by molar-refractivity contribution is 0.0701. The third-order valence-corrected chi connectivity index (χ3v) is 6.92. The van der Waals surface area contributed by atoms with Crippen LogP contribution in [0.1, 0.15) is 47.3 Å². The highest BCUT2D eigenvalue weighted by Gasteiger charge is 2.25. The summed E-state index contributed by atoms with van der Waals surface area (Å²) in [5, 5.41) is 0. The van der Waals surface area contributed by atoms with E-state index in [-0.39, 0.29) is 5.91 Å². The highest BCUT2D eigenvalue weighted by atomic mass is 32.1. The predicted octanol–water partition coefficient (Wildman–Crippen LogP) is 4.03. The summed E-state index contributed by atoms with van der Waals surface area (Å²) in [6.07, 6.45) is 7.95. The van der Waals surface area contributed by atoms with Gasteiger partial charge in [0.2, 0.25) is 0 Å². The Kier molecular flexibility index (Phi) is 6.18. The first kappa shape index (κ1) is 20.3. The van der Waals surface area contributed by atoms with Crippen LogP contribution in [-0.2, 0) is 11.3 Å². The second-order valence-electron chi connectivity index (χ2n) is 8.12. The Labute approximate surface area is 176 Å². The molecule has 1 saturated carbocycles. The van der Waals surface area contributed by atoms with Crippen molar-refractivity contribution in [1.29, 1.82) is 0 Å². The molecule has 29 heavy (non-hydrogen) atoms. The second kappa shape index (κ2) is 8.81. The molecule has 0 radical (unpaired) electrons. The van der Waals surface area contributed by atoms with Crippen molar-refractivity contribution in [3.8, 4) is 0 Å². The van der Waals surface area contributed by atoms with Gasteiger partial charge >= 0.3 is 0 Å². The largest absolute Gasteiger partial charge is 0.383 e. The Balaban J connectivity index is 1.56. The zero-order valence-electron chi connectivity index (χ0n) is 17.6. The lowest BCUT2D eigenvalue weighted by atomic mass is 9.94. The average molecular weight is 414 g/mol. The van der Waals surface area contributed by atoms with Crippen LogP contribution in [0.4, 0.5) is 0 Å². The lowest BCUT2D eigenvalue weighted by Gasteiger charge is -2.30. The molecule has 0 unspecified atom stereocenters. The van der Waals surface area contributed by atoms with Gasteiger partial charge in [0.1, 0.15) is 4.88 Å². The minimum atomic E-state index is 0.121. The maximum absolute atomic E-state index is 13.0. The maximum Gasteiger partial charge on any atom is 0.265 e. The van der Waals surface area contributed by atoms with Gasteiger partial charge in [0, 0.05) is 39.5 Å². The quantitative estimate of drug-likeness (QED) is 0.587. The van der Waals surface area contributed by atoms with E-state index in [1.165, 1.54) is 36.2 Å². The first-order valence-corrected chi connectivity index (χ1v) is 11.2. The Morgan fingerprint density at radius 1 is 1.28 bits per heavy atom. The van der Waals surface area contributed by atoms with E-state index in [0.717, 1.165) is 53.4 Å². The van der Waals surface area contributed by atoms with Crippen LogP contribution in [0.3, 0.4) is 0 Å². The number of likely N-dealkylation sites (N-methyl/N-ethyl adjacent to an activating group) is 1. The molecule has 1 amide bonds. The third-order valence-electron chi connectivity index (χ3n) is 5.95. The number of ether oxygens (including phenoxy) is 1. The molecule has 1 aliphatic rings. The summed E-state index contributed by atoms with van der Waals surface area (Å²) in [5.74, 6) is 0.121. The molecule has 1 aromatic carbocycles. The van der Waals surface area contributed by atoms with Gasteiger partial charge in [-0.15, -0.1) is 0 Å². The van der Waals surface area contributed by atoms with E-state index in [1.54, 1.807) is 7.11 Å². The van der Waals surface area contributed by atoms with Crippen molar-refractivity contribution in [1.82, 2.24) is 19.2 Å². The van der Waals surface area contributed by atoms with Gasteiger partial charge in [0.05, 0.1) is 17.6 Å². The normalized spacial score (nSPS) is 15.6. The van der Waals surface area contributed by atoms with E-state index in [9.17, 15) is 4.79 Å². The molecule has 3 aromatic rings. The fraction of sp³-hybridized carbons (Fsp3) is 0.545. The first-order chi connectivity index (χ1) is 14.1. The van der Waals surface area contributed by atoms with Gasteiger partial charge < -0.3 is 9.64 Å². The van der Waals surface area contributed by atoms with Crippen LogP contribution in [0, 0.1) is 0 Å². The first-order valence-electron chi connectivity index (χ1n) is 10.4. The van der Waals surface area contributed by atoms with Crippen LogP contribution in [0.2, 0.25) is 0 Å². The molecule has 2 heterocycles. The molecule has 0 spiro atoms. The number of hydrogen-bond donors (Lipinski definition) is 0. The molecule has 0 saturated heterocycles. The number of nitrogens with zero attached hydrogens (tertiary/aromatic N) is 4. The molecule has 6 nitrogen and oxygen atoms in total. The molecule has 0 aliphatic heterocycles. The summed E-state index contributed by atoms with van der Waals surface area (Å²) < 4.78 is 7.23. The minimum Gasteiger partial charge on any atom is -0.383 e. The Bertz CT molecular complexity index is 989. The Morgan fingerprint density at radius 3 is 2.83 bits per heavy atom. The molecule has 0 N–H and O–H groups in total.